The number of ether oxygens (including phenoxy) is 1. The first-order valence-electron chi connectivity index (χ1n) is 5.96. The van der Waals surface area contributed by atoms with Crippen molar-refractivity contribution in [3.63, 3.8) is 0 Å². The first-order chi connectivity index (χ1) is 8.29. The number of nitrogens with one attached hydrogen (secondary N) is 2. The Labute approximate surface area is 100 Å². The standard InChI is InChI=1S/C13H16N2O2/c1-17-13(16)11-6-9-8-4-2-3-5-10(8)15-12(9)7-14-11/h2-5,9,11-12,14-15H,6-7H2,1H3. The molecule has 0 saturated carbocycles. The smallest absolute Gasteiger partial charge is 0.322 e. The van der Waals surface area contributed by atoms with Crippen molar-refractivity contribution in [1.29, 1.82) is 0 Å². The number of para-hydroxylation sites is 1. The van der Waals surface area contributed by atoms with E-state index in [9.17, 15) is 4.79 Å². The highest BCUT2D eigenvalue weighted by Gasteiger charge is 2.39. The van der Waals surface area contributed by atoms with Gasteiger partial charge >= 0.3 is 5.97 Å². The Kier molecular flexibility index (Phi) is 2.52. The number of piperidine rings is 1. The van der Waals surface area contributed by atoms with E-state index < -0.39 is 0 Å². The van der Waals surface area contributed by atoms with Gasteiger partial charge in [-0.05, 0) is 18.1 Å². The fraction of sp³-hybridized carbons (Fsp3) is 0.462. The minimum Gasteiger partial charge on any atom is -0.468 e. The van der Waals surface area contributed by atoms with Gasteiger partial charge in [0.2, 0.25) is 0 Å². The van der Waals surface area contributed by atoms with Gasteiger partial charge in [-0.3, -0.25) is 4.79 Å². The SMILES string of the molecule is COC(=O)C1CC2c3ccccc3NC2CN1. The van der Waals surface area contributed by atoms with Crippen molar-refractivity contribution in [2.45, 2.75) is 24.4 Å². The Morgan fingerprint density at radius 2 is 2.24 bits per heavy atom. The summed E-state index contributed by atoms with van der Waals surface area (Å²) in [6.07, 6.45) is 0.807. The van der Waals surface area contributed by atoms with Crippen molar-refractivity contribution < 1.29 is 9.53 Å². The Hall–Kier alpha value is -1.55. The molecule has 0 aromatic heterocycles. The number of rotatable bonds is 1. The van der Waals surface area contributed by atoms with Crippen LogP contribution in [0.5, 0.6) is 0 Å². The van der Waals surface area contributed by atoms with Gasteiger partial charge in [-0.1, -0.05) is 18.2 Å². The van der Waals surface area contributed by atoms with E-state index in [1.807, 2.05) is 6.07 Å². The average Bonchev–Trinajstić information content (AvgIpc) is 2.75. The molecule has 3 unspecified atom stereocenters. The van der Waals surface area contributed by atoms with Crippen LogP contribution < -0.4 is 10.6 Å². The van der Waals surface area contributed by atoms with Gasteiger partial charge in [0.1, 0.15) is 6.04 Å². The van der Waals surface area contributed by atoms with Crippen molar-refractivity contribution in [3.05, 3.63) is 29.8 Å². The molecule has 2 aliphatic heterocycles. The summed E-state index contributed by atoms with van der Waals surface area (Å²) in [7, 11) is 1.44. The van der Waals surface area contributed by atoms with Crippen molar-refractivity contribution in [2.75, 3.05) is 19.0 Å². The summed E-state index contributed by atoms with van der Waals surface area (Å²) in [6.45, 7) is 0.805. The van der Waals surface area contributed by atoms with E-state index in [2.05, 4.69) is 28.8 Å². The molecule has 2 N–H and O–H groups in total. The second kappa shape index (κ2) is 4.04. The molecule has 4 heteroatoms. The van der Waals surface area contributed by atoms with E-state index in [1.54, 1.807) is 0 Å². The van der Waals surface area contributed by atoms with Crippen molar-refractivity contribution in [1.82, 2.24) is 5.32 Å². The summed E-state index contributed by atoms with van der Waals surface area (Å²) in [4.78, 5) is 11.6. The van der Waals surface area contributed by atoms with Crippen LogP contribution in [0.3, 0.4) is 0 Å². The van der Waals surface area contributed by atoms with Gasteiger partial charge in [0, 0.05) is 24.2 Å². The zero-order chi connectivity index (χ0) is 11.8. The van der Waals surface area contributed by atoms with Gasteiger partial charge in [0.25, 0.3) is 0 Å². The Balaban J connectivity index is 1.84. The Morgan fingerprint density at radius 1 is 1.41 bits per heavy atom. The molecule has 4 nitrogen and oxygen atoms in total. The molecule has 3 atom stereocenters. The molecule has 0 aliphatic carbocycles. The molecule has 1 aromatic carbocycles. The monoisotopic (exact) mass is 232 g/mol. The predicted octanol–water partition coefficient (Wildman–Crippen LogP) is 1.10. The van der Waals surface area contributed by atoms with Crippen LogP contribution in [0.15, 0.2) is 24.3 Å². The number of anilines is 1. The summed E-state index contributed by atoms with van der Waals surface area (Å²) in [5, 5.41) is 6.74. The number of methoxy groups -OCH3 is 1. The minimum atomic E-state index is -0.172. The number of benzene rings is 1. The van der Waals surface area contributed by atoms with Crippen LogP contribution in [0.1, 0.15) is 17.9 Å². The van der Waals surface area contributed by atoms with Gasteiger partial charge in [-0.15, -0.1) is 0 Å². The minimum absolute atomic E-state index is 0.159. The zero-order valence-corrected chi connectivity index (χ0v) is 9.77. The summed E-state index contributed by atoms with van der Waals surface area (Å²) < 4.78 is 4.80. The number of carbonyl (C=O) groups excluding carboxylic acids is 1. The third-order valence-corrected chi connectivity index (χ3v) is 3.75. The molecular weight excluding hydrogens is 216 g/mol. The van der Waals surface area contributed by atoms with Gasteiger partial charge in [0.05, 0.1) is 7.11 Å². The predicted molar refractivity (Wildman–Crippen MR) is 65.0 cm³/mol. The molecule has 3 rings (SSSR count). The van der Waals surface area contributed by atoms with E-state index in [0.29, 0.717) is 12.0 Å². The molecule has 0 radical (unpaired) electrons. The summed E-state index contributed by atoms with van der Waals surface area (Å²) in [6, 6.07) is 8.56. The average molecular weight is 232 g/mol. The second-order valence-corrected chi connectivity index (χ2v) is 4.66. The maximum Gasteiger partial charge on any atom is 0.322 e. The molecule has 17 heavy (non-hydrogen) atoms. The third-order valence-electron chi connectivity index (χ3n) is 3.75. The quantitative estimate of drug-likeness (QED) is 0.712. The number of fused-ring (bicyclic) bond motifs is 3. The fourth-order valence-corrected chi connectivity index (χ4v) is 2.88. The summed E-state index contributed by atoms with van der Waals surface area (Å²) in [5.74, 6) is 0.254. The fourth-order valence-electron chi connectivity index (χ4n) is 2.88. The van der Waals surface area contributed by atoms with E-state index in [-0.39, 0.29) is 12.0 Å². The molecule has 0 spiro atoms. The molecule has 1 saturated heterocycles. The molecule has 1 aromatic rings. The van der Waals surface area contributed by atoms with Crippen LogP contribution >= 0.6 is 0 Å². The highest BCUT2D eigenvalue weighted by Crippen LogP contribution is 2.40. The van der Waals surface area contributed by atoms with Crippen molar-refractivity contribution in [3.8, 4) is 0 Å². The summed E-state index contributed by atoms with van der Waals surface area (Å²) in [5.41, 5.74) is 2.53. The van der Waals surface area contributed by atoms with Crippen LogP contribution in [-0.4, -0.2) is 31.7 Å². The normalized spacial score (nSPS) is 30.1. The molecular formula is C13H16N2O2. The van der Waals surface area contributed by atoms with Gasteiger partial charge in [-0.25, -0.2) is 0 Å². The number of carbonyl (C=O) groups is 1. The topological polar surface area (TPSA) is 50.4 Å². The van der Waals surface area contributed by atoms with E-state index in [1.165, 1.54) is 18.4 Å². The second-order valence-electron chi connectivity index (χ2n) is 4.66. The maximum absolute atomic E-state index is 11.6. The van der Waals surface area contributed by atoms with Crippen LogP contribution in [0.25, 0.3) is 0 Å². The first kappa shape index (κ1) is 10.6. The van der Waals surface area contributed by atoms with Gasteiger partial charge < -0.3 is 15.4 Å². The third kappa shape index (κ3) is 1.69. The largest absolute Gasteiger partial charge is 0.468 e. The van der Waals surface area contributed by atoms with E-state index in [0.717, 1.165) is 13.0 Å². The number of esters is 1. The Bertz CT molecular complexity index is 447. The molecule has 0 amide bonds. The zero-order valence-electron chi connectivity index (χ0n) is 9.77. The molecule has 1 fully saturated rings. The molecule has 0 bridgehead atoms. The van der Waals surface area contributed by atoms with E-state index in [4.69, 9.17) is 4.74 Å². The lowest BCUT2D eigenvalue weighted by Gasteiger charge is -2.31. The van der Waals surface area contributed by atoms with Crippen LogP contribution in [-0.2, 0) is 9.53 Å². The number of hydrogen-bond acceptors (Lipinski definition) is 4. The molecule has 2 heterocycles. The van der Waals surface area contributed by atoms with Gasteiger partial charge in [0.15, 0.2) is 0 Å². The highest BCUT2D eigenvalue weighted by molar-refractivity contribution is 5.76. The van der Waals surface area contributed by atoms with Gasteiger partial charge in [-0.2, -0.15) is 0 Å². The van der Waals surface area contributed by atoms with Crippen LogP contribution in [0, 0.1) is 0 Å². The maximum atomic E-state index is 11.6. The Morgan fingerprint density at radius 3 is 3.06 bits per heavy atom. The van der Waals surface area contributed by atoms with Crippen LogP contribution in [0.2, 0.25) is 0 Å². The van der Waals surface area contributed by atoms with Crippen LogP contribution in [0.4, 0.5) is 5.69 Å². The number of hydrogen-bond donors (Lipinski definition) is 2. The van der Waals surface area contributed by atoms with Crippen molar-refractivity contribution in [2.24, 2.45) is 0 Å². The lowest BCUT2D eigenvalue weighted by atomic mass is 9.85. The lowest BCUT2D eigenvalue weighted by molar-refractivity contribution is -0.143. The van der Waals surface area contributed by atoms with E-state index >= 15 is 0 Å². The molecule has 2 aliphatic rings. The molecule has 90 valence electrons. The van der Waals surface area contributed by atoms with Crippen molar-refractivity contribution >= 4 is 11.7 Å². The first-order valence-corrected chi connectivity index (χ1v) is 5.96. The highest BCUT2D eigenvalue weighted by atomic mass is 16.5. The lowest BCUT2D eigenvalue weighted by Crippen LogP contribution is -2.50. The summed E-state index contributed by atoms with van der Waals surface area (Å²) >= 11 is 0.